The van der Waals surface area contributed by atoms with Crippen LogP contribution in [0.2, 0.25) is 0 Å². The van der Waals surface area contributed by atoms with Crippen molar-refractivity contribution in [1.29, 1.82) is 0 Å². The Kier molecular flexibility index (Phi) is 7.02. The summed E-state index contributed by atoms with van der Waals surface area (Å²) in [6, 6.07) is 17.9. The first-order chi connectivity index (χ1) is 15.6. The van der Waals surface area contributed by atoms with E-state index in [1.54, 1.807) is 29.2 Å². The van der Waals surface area contributed by atoms with E-state index in [0.717, 1.165) is 36.4 Å². The number of hydrogen-bond donors (Lipinski definition) is 0. The van der Waals surface area contributed by atoms with Gasteiger partial charge in [0.25, 0.3) is 5.91 Å². The summed E-state index contributed by atoms with van der Waals surface area (Å²) in [6.07, 6.45) is 2.56. The number of rotatable bonds is 8. The highest BCUT2D eigenvalue weighted by Gasteiger charge is 2.24. The molecular weight excluding hydrogens is 407 g/mol. The number of hydrogen-bond acceptors (Lipinski definition) is 4. The number of carbonyl (C=O) groups is 1. The van der Waals surface area contributed by atoms with E-state index < -0.39 is 0 Å². The molecule has 2 heterocycles. The van der Waals surface area contributed by atoms with Crippen LogP contribution < -0.4 is 4.74 Å². The van der Waals surface area contributed by atoms with Gasteiger partial charge in [-0.15, -0.1) is 6.58 Å². The molecule has 0 aliphatic carbocycles. The first-order valence-corrected chi connectivity index (χ1v) is 10.8. The summed E-state index contributed by atoms with van der Waals surface area (Å²) in [4.78, 5) is 16.9. The molecule has 1 aromatic heterocycles. The molecule has 0 unspecified atom stereocenters. The van der Waals surface area contributed by atoms with Crippen molar-refractivity contribution in [3.63, 3.8) is 0 Å². The van der Waals surface area contributed by atoms with Gasteiger partial charge in [0.1, 0.15) is 23.9 Å². The van der Waals surface area contributed by atoms with Gasteiger partial charge < -0.3 is 14.1 Å². The van der Waals surface area contributed by atoms with E-state index in [-0.39, 0.29) is 18.3 Å². The summed E-state index contributed by atoms with van der Waals surface area (Å²) in [5.74, 6) is 1.37. The number of nitrogens with zero attached hydrogens (tertiary/aromatic N) is 2. The fourth-order valence-corrected chi connectivity index (χ4v) is 3.85. The number of amides is 1. The lowest BCUT2D eigenvalue weighted by Crippen LogP contribution is -2.48. The van der Waals surface area contributed by atoms with Crippen LogP contribution in [0.1, 0.15) is 27.4 Å². The molecule has 0 radical (unpaired) electrons. The summed E-state index contributed by atoms with van der Waals surface area (Å²) in [5, 5.41) is 0. The van der Waals surface area contributed by atoms with E-state index in [2.05, 4.69) is 11.5 Å². The molecule has 0 bridgehead atoms. The van der Waals surface area contributed by atoms with Crippen molar-refractivity contribution in [2.24, 2.45) is 0 Å². The molecule has 1 fully saturated rings. The minimum Gasteiger partial charge on any atom is -0.485 e. The number of allylic oxidation sites excluding steroid dienone is 1. The second-order valence-corrected chi connectivity index (χ2v) is 7.85. The maximum Gasteiger partial charge on any atom is 0.289 e. The molecule has 0 atom stereocenters. The largest absolute Gasteiger partial charge is 0.485 e. The molecule has 0 spiro atoms. The number of ether oxygens (including phenoxy) is 1. The molecule has 3 aromatic rings. The Bertz CT molecular complexity index is 1070. The summed E-state index contributed by atoms with van der Waals surface area (Å²) >= 11 is 0. The number of halogens is 1. The zero-order chi connectivity index (χ0) is 22.3. The first-order valence-electron chi connectivity index (χ1n) is 10.8. The van der Waals surface area contributed by atoms with E-state index >= 15 is 0 Å². The van der Waals surface area contributed by atoms with Crippen LogP contribution in [0.4, 0.5) is 4.39 Å². The Morgan fingerprint density at radius 2 is 1.88 bits per heavy atom. The van der Waals surface area contributed by atoms with E-state index in [1.807, 2.05) is 36.4 Å². The molecule has 0 N–H and O–H groups in total. The molecule has 1 aliphatic rings. The van der Waals surface area contributed by atoms with Crippen molar-refractivity contribution in [3.05, 3.63) is 102 Å². The van der Waals surface area contributed by atoms with Gasteiger partial charge in [0.05, 0.1) is 0 Å². The minimum absolute atomic E-state index is 0.117. The van der Waals surface area contributed by atoms with Crippen molar-refractivity contribution < 1.29 is 18.3 Å². The standard InChI is InChI=1S/C26H27FN2O3/c1-2-6-21-8-3-4-10-24(21)31-19-23-11-12-25(32-23)26(30)29-15-13-28(14-16-29)18-20-7-5-9-22(27)17-20/h2-5,7-12,17H,1,6,13-16,18-19H2. The van der Waals surface area contributed by atoms with Crippen molar-refractivity contribution in [2.75, 3.05) is 26.2 Å². The van der Waals surface area contributed by atoms with Gasteiger partial charge in [-0.2, -0.15) is 0 Å². The number of piperazine rings is 1. The Labute approximate surface area is 187 Å². The zero-order valence-electron chi connectivity index (χ0n) is 18.0. The minimum atomic E-state index is -0.224. The molecule has 5 nitrogen and oxygen atoms in total. The van der Waals surface area contributed by atoms with Gasteiger partial charge >= 0.3 is 0 Å². The van der Waals surface area contributed by atoms with Crippen molar-refractivity contribution in [3.8, 4) is 5.75 Å². The third kappa shape index (κ3) is 5.45. The average molecular weight is 435 g/mol. The zero-order valence-corrected chi connectivity index (χ0v) is 18.0. The summed E-state index contributed by atoms with van der Waals surface area (Å²) < 4.78 is 25.0. The van der Waals surface area contributed by atoms with Crippen LogP contribution in [0.3, 0.4) is 0 Å². The van der Waals surface area contributed by atoms with Gasteiger partial charge in [-0.1, -0.05) is 36.4 Å². The topological polar surface area (TPSA) is 45.9 Å². The first kappa shape index (κ1) is 21.8. The fourth-order valence-electron chi connectivity index (χ4n) is 3.85. The van der Waals surface area contributed by atoms with Crippen LogP contribution >= 0.6 is 0 Å². The quantitative estimate of drug-likeness (QED) is 0.483. The van der Waals surface area contributed by atoms with Gasteiger partial charge in [0.15, 0.2) is 5.76 Å². The Balaban J connectivity index is 1.29. The summed E-state index contributed by atoms with van der Waals surface area (Å²) in [5.41, 5.74) is 2.00. The Morgan fingerprint density at radius 1 is 1.06 bits per heavy atom. The summed E-state index contributed by atoms with van der Waals surface area (Å²) in [7, 11) is 0. The number of carbonyl (C=O) groups excluding carboxylic acids is 1. The second kappa shape index (κ2) is 10.3. The highest BCUT2D eigenvalue weighted by molar-refractivity contribution is 5.91. The van der Waals surface area contributed by atoms with Crippen LogP contribution in [0.5, 0.6) is 5.75 Å². The van der Waals surface area contributed by atoms with E-state index in [0.29, 0.717) is 31.2 Å². The van der Waals surface area contributed by atoms with Gasteiger partial charge in [-0.3, -0.25) is 9.69 Å². The molecule has 4 rings (SSSR count). The van der Waals surface area contributed by atoms with Crippen LogP contribution in [0.15, 0.2) is 77.7 Å². The molecule has 1 amide bonds. The van der Waals surface area contributed by atoms with Crippen LogP contribution in [0.25, 0.3) is 0 Å². The highest BCUT2D eigenvalue weighted by atomic mass is 19.1. The molecule has 0 saturated carbocycles. The van der Waals surface area contributed by atoms with E-state index in [4.69, 9.17) is 9.15 Å². The van der Waals surface area contributed by atoms with Crippen molar-refractivity contribution >= 4 is 5.91 Å². The maximum atomic E-state index is 13.4. The third-order valence-corrected chi connectivity index (χ3v) is 5.53. The molecule has 1 aliphatic heterocycles. The monoisotopic (exact) mass is 434 g/mol. The third-order valence-electron chi connectivity index (χ3n) is 5.53. The lowest BCUT2D eigenvalue weighted by Gasteiger charge is -2.34. The van der Waals surface area contributed by atoms with Gasteiger partial charge in [-0.25, -0.2) is 4.39 Å². The number of furan rings is 1. The van der Waals surface area contributed by atoms with Gasteiger partial charge in [0, 0.05) is 32.7 Å². The normalized spacial score (nSPS) is 14.3. The SMILES string of the molecule is C=CCc1ccccc1OCc1ccc(C(=O)N2CCN(Cc3cccc(F)c3)CC2)o1. The van der Waals surface area contributed by atoms with Gasteiger partial charge in [0.2, 0.25) is 0 Å². The smallest absolute Gasteiger partial charge is 0.289 e. The van der Waals surface area contributed by atoms with Crippen LogP contribution in [-0.4, -0.2) is 41.9 Å². The molecular formula is C26H27FN2O3. The predicted molar refractivity (Wildman–Crippen MR) is 121 cm³/mol. The van der Waals surface area contributed by atoms with Crippen molar-refractivity contribution in [1.82, 2.24) is 9.80 Å². The number of benzene rings is 2. The lowest BCUT2D eigenvalue weighted by atomic mass is 10.1. The van der Waals surface area contributed by atoms with E-state index in [1.165, 1.54) is 6.07 Å². The molecule has 6 heteroatoms. The predicted octanol–water partition coefficient (Wildman–Crippen LogP) is 4.68. The fraction of sp³-hybridized carbons (Fsp3) is 0.269. The Hall–Kier alpha value is -3.38. The highest BCUT2D eigenvalue weighted by Crippen LogP contribution is 2.21. The van der Waals surface area contributed by atoms with Crippen molar-refractivity contribution in [2.45, 2.75) is 19.6 Å². The molecule has 32 heavy (non-hydrogen) atoms. The summed E-state index contributed by atoms with van der Waals surface area (Å²) in [6.45, 7) is 7.39. The second-order valence-electron chi connectivity index (χ2n) is 7.85. The molecule has 1 saturated heterocycles. The van der Waals surface area contributed by atoms with E-state index in [9.17, 15) is 9.18 Å². The molecule has 2 aromatic carbocycles. The van der Waals surface area contributed by atoms with Crippen LogP contribution in [0, 0.1) is 5.82 Å². The van der Waals surface area contributed by atoms with Crippen LogP contribution in [-0.2, 0) is 19.6 Å². The lowest BCUT2D eigenvalue weighted by molar-refractivity contribution is 0.0594. The van der Waals surface area contributed by atoms with Gasteiger partial charge in [-0.05, 0) is 47.9 Å². The Morgan fingerprint density at radius 3 is 2.66 bits per heavy atom. The number of para-hydroxylation sites is 1. The average Bonchev–Trinajstić information content (AvgIpc) is 3.28. The maximum absolute atomic E-state index is 13.4. The molecule has 166 valence electrons.